The number of amides is 1. The van der Waals surface area contributed by atoms with Crippen LogP contribution in [0.15, 0.2) is 12.1 Å². The molecule has 1 unspecified atom stereocenters. The Kier molecular flexibility index (Phi) is 5.43. The summed E-state index contributed by atoms with van der Waals surface area (Å²) >= 11 is 0. The second-order valence-corrected chi connectivity index (χ2v) is 8.22. The van der Waals surface area contributed by atoms with E-state index >= 15 is 0 Å². The largest absolute Gasteiger partial charge is 0.313 e. The molecule has 1 aromatic rings. The van der Waals surface area contributed by atoms with Crippen LogP contribution in [0.1, 0.15) is 67.7 Å². The van der Waals surface area contributed by atoms with Crippen LogP contribution in [-0.4, -0.2) is 35.2 Å². The molecule has 0 radical (unpaired) electrons. The van der Waals surface area contributed by atoms with E-state index in [0.717, 1.165) is 22.3 Å². The van der Waals surface area contributed by atoms with Crippen molar-refractivity contribution >= 4 is 17.5 Å². The van der Waals surface area contributed by atoms with Gasteiger partial charge >= 0.3 is 0 Å². The van der Waals surface area contributed by atoms with Gasteiger partial charge in [0.2, 0.25) is 5.91 Å². The maximum Gasteiger partial charge on any atom is 0.221 e. The van der Waals surface area contributed by atoms with Gasteiger partial charge in [0.25, 0.3) is 0 Å². The normalized spacial score (nSPS) is 27.5. The second kappa shape index (κ2) is 7.50. The van der Waals surface area contributed by atoms with Crippen molar-refractivity contribution in [3.8, 4) is 11.8 Å². The van der Waals surface area contributed by atoms with Gasteiger partial charge in [-0.15, -0.1) is 5.92 Å². The predicted molar refractivity (Wildman–Crippen MR) is 104 cm³/mol. The summed E-state index contributed by atoms with van der Waals surface area (Å²) in [5.74, 6) is 4.51. The fourth-order valence-corrected chi connectivity index (χ4v) is 4.90. The van der Waals surface area contributed by atoms with E-state index < -0.39 is 17.6 Å². The molecule has 3 rings (SSSR count). The molecule has 0 N–H and O–H groups in total. The molecule has 1 aliphatic heterocycles. The molecule has 1 heterocycles. The van der Waals surface area contributed by atoms with Crippen molar-refractivity contribution in [1.82, 2.24) is 4.90 Å². The minimum absolute atomic E-state index is 0.0553. The summed E-state index contributed by atoms with van der Waals surface area (Å²) in [6.45, 7) is 7.16. The van der Waals surface area contributed by atoms with Crippen molar-refractivity contribution < 1.29 is 18.8 Å². The van der Waals surface area contributed by atoms with Crippen LogP contribution >= 0.6 is 0 Å². The summed E-state index contributed by atoms with van der Waals surface area (Å²) in [7, 11) is 0. The van der Waals surface area contributed by atoms with Gasteiger partial charge in [0.15, 0.2) is 6.30 Å². The van der Waals surface area contributed by atoms with Crippen molar-refractivity contribution in [2.24, 2.45) is 5.41 Å². The molecule has 1 atom stereocenters. The molecule has 0 bridgehead atoms. The standard InChI is InChI=1S/C23H26FNO3/c1-5-6-17-9-14(2)21(15(3)10-17)22-18(27)11-23(12-19(22)28)7-8-25(16(4)26)20(24)13-23/h9-10,20,22H,7-8,11-13H2,1-4H3. The summed E-state index contributed by atoms with van der Waals surface area (Å²) in [5, 5.41) is 0. The molecule has 1 spiro atoms. The Hall–Kier alpha value is -2.48. The number of rotatable bonds is 1. The molecule has 1 saturated carbocycles. The third-order valence-electron chi connectivity index (χ3n) is 6.12. The number of hydrogen-bond acceptors (Lipinski definition) is 3. The Morgan fingerprint density at radius 3 is 2.21 bits per heavy atom. The van der Waals surface area contributed by atoms with Gasteiger partial charge in [-0.05, 0) is 61.4 Å². The molecule has 5 heteroatoms. The smallest absolute Gasteiger partial charge is 0.221 e. The molecule has 1 aliphatic carbocycles. The van der Waals surface area contributed by atoms with Crippen LogP contribution in [0.2, 0.25) is 0 Å². The predicted octanol–water partition coefficient (Wildman–Crippen LogP) is 3.61. The van der Waals surface area contributed by atoms with Crippen molar-refractivity contribution in [3.63, 3.8) is 0 Å². The van der Waals surface area contributed by atoms with Gasteiger partial charge in [0.1, 0.15) is 17.5 Å². The first kappa shape index (κ1) is 20.3. The van der Waals surface area contributed by atoms with Crippen molar-refractivity contribution in [2.45, 2.75) is 65.6 Å². The average Bonchev–Trinajstić information content (AvgIpc) is 2.56. The third-order valence-corrected chi connectivity index (χ3v) is 6.12. The zero-order valence-corrected chi connectivity index (χ0v) is 16.9. The van der Waals surface area contributed by atoms with E-state index in [9.17, 15) is 18.8 Å². The summed E-state index contributed by atoms with van der Waals surface area (Å²) in [6.07, 6.45) is -0.519. The third kappa shape index (κ3) is 3.61. The molecule has 2 aliphatic rings. The number of halogens is 1. The number of carbonyl (C=O) groups excluding carboxylic acids is 3. The van der Waals surface area contributed by atoms with Crippen LogP contribution in [0, 0.1) is 31.1 Å². The van der Waals surface area contributed by atoms with Crippen molar-refractivity contribution in [1.29, 1.82) is 0 Å². The van der Waals surface area contributed by atoms with Gasteiger partial charge < -0.3 is 4.90 Å². The number of hydrogen-bond donors (Lipinski definition) is 0. The Bertz CT molecular complexity index is 867. The monoisotopic (exact) mass is 383 g/mol. The summed E-state index contributed by atoms with van der Waals surface area (Å²) in [4.78, 5) is 38.9. The van der Waals surface area contributed by atoms with E-state index in [-0.39, 0.29) is 43.3 Å². The van der Waals surface area contributed by atoms with Gasteiger partial charge in [0.05, 0.1) is 0 Å². The topological polar surface area (TPSA) is 54.5 Å². The van der Waals surface area contributed by atoms with Crippen LogP contribution in [0.3, 0.4) is 0 Å². The highest BCUT2D eigenvalue weighted by atomic mass is 19.1. The molecule has 0 aromatic heterocycles. The van der Waals surface area contributed by atoms with E-state index in [0.29, 0.717) is 6.42 Å². The molecule has 4 nitrogen and oxygen atoms in total. The number of benzene rings is 1. The first-order valence-corrected chi connectivity index (χ1v) is 9.68. The lowest BCUT2D eigenvalue weighted by Gasteiger charge is -2.46. The minimum atomic E-state index is -1.43. The number of likely N-dealkylation sites (tertiary alicyclic amines) is 1. The average molecular weight is 383 g/mol. The van der Waals surface area contributed by atoms with Crippen LogP contribution in [0.25, 0.3) is 0 Å². The lowest BCUT2D eigenvalue weighted by Crippen LogP contribution is -2.51. The Labute approximate surface area is 165 Å². The van der Waals surface area contributed by atoms with Gasteiger partial charge in [-0.3, -0.25) is 14.4 Å². The van der Waals surface area contributed by atoms with Crippen molar-refractivity contribution in [3.05, 3.63) is 34.4 Å². The molecule has 1 saturated heterocycles. The Morgan fingerprint density at radius 2 is 1.75 bits per heavy atom. The van der Waals surface area contributed by atoms with Gasteiger partial charge in [0, 0.05) is 38.3 Å². The van der Waals surface area contributed by atoms with Crippen molar-refractivity contribution in [2.75, 3.05) is 6.54 Å². The first-order chi connectivity index (χ1) is 13.2. The van der Waals surface area contributed by atoms with Gasteiger partial charge in [-0.2, -0.15) is 0 Å². The summed E-state index contributed by atoms with van der Waals surface area (Å²) < 4.78 is 14.5. The Morgan fingerprint density at radius 1 is 1.18 bits per heavy atom. The molecule has 1 aromatic carbocycles. The lowest BCUT2D eigenvalue weighted by atomic mass is 9.62. The number of ketones is 2. The maximum absolute atomic E-state index is 14.5. The first-order valence-electron chi connectivity index (χ1n) is 9.68. The minimum Gasteiger partial charge on any atom is -0.313 e. The van der Waals surface area contributed by atoms with E-state index in [1.54, 1.807) is 6.92 Å². The Balaban J connectivity index is 1.87. The van der Waals surface area contributed by atoms with Gasteiger partial charge in [-0.1, -0.05) is 5.92 Å². The molecular weight excluding hydrogens is 357 g/mol. The highest BCUT2D eigenvalue weighted by molar-refractivity contribution is 6.10. The number of carbonyl (C=O) groups is 3. The molecule has 28 heavy (non-hydrogen) atoms. The van der Waals surface area contributed by atoms with Crippen LogP contribution in [0.4, 0.5) is 4.39 Å². The molecule has 2 fully saturated rings. The SMILES string of the molecule is CC#Cc1cc(C)c(C2C(=O)CC3(CCN(C(C)=O)C(F)C3)CC2=O)c(C)c1. The van der Waals surface area contributed by atoms with Crippen LogP contribution in [-0.2, 0) is 14.4 Å². The number of nitrogens with zero attached hydrogens (tertiary/aromatic N) is 1. The van der Waals surface area contributed by atoms with Crippen LogP contribution < -0.4 is 0 Å². The van der Waals surface area contributed by atoms with Gasteiger partial charge in [-0.25, -0.2) is 4.39 Å². The quantitative estimate of drug-likeness (QED) is 0.423. The molecule has 148 valence electrons. The summed E-state index contributed by atoms with van der Waals surface area (Å²) in [5.41, 5.74) is 2.74. The fourth-order valence-electron chi connectivity index (χ4n) is 4.90. The lowest BCUT2D eigenvalue weighted by molar-refractivity contribution is -0.146. The second-order valence-electron chi connectivity index (χ2n) is 8.22. The number of alkyl halides is 1. The zero-order chi connectivity index (χ0) is 20.6. The highest BCUT2D eigenvalue weighted by Crippen LogP contribution is 2.48. The van der Waals surface area contributed by atoms with E-state index in [4.69, 9.17) is 0 Å². The number of Topliss-reactive ketones (excluding diaryl/α,β-unsaturated/α-hetero) is 2. The number of piperidine rings is 1. The molecule has 1 amide bonds. The summed E-state index contributed by atoms with van der Waals surface area (Å²) in [6, 6.07) is 3.82. The zero-order valence-electron chi connectivity index (χ0n) is 16.9. The van der Waals surface area contributed by atoms with Crippen LogP contribution in [0.5, 0.6) is 0 Å². The van der Waals surface area contributed by atoms with E-state index in [2.05, 4.69) is 11.8 Å². The maximum atomic E-state index is 14.5. The molecular formula is C23H26FNO3. The highest BCUT2D eigenvalue weighted by Gasteiger charge is 2.50. The van der Waals surface area contributed by atoms with E-state index in [1.165, 1.54) is 11.8 Å². The van der Waals surface area contributed by atoms with E-state index in [1.807, 2.05) is 26.0 Å². The fraction of sp³-hybridized carbons (Fsp3) is 0.522. The number of aryl methyl sites for hydroxylation is 2.